The molecule has 3 aromatic rings. The molecule has 0 bridgehead atoms. The molecule has 0 aliphatic rings. The number of ether oxygens (including phenoxy) is 1. The fourth-order valence-electron chi connectivity index (χ4n) is 2.58. The van der Waals surface area contributed by atoms with Gasteiger partial charge in [0, 0.05) is 30.5 Å². The zero-order chi connectivity index (χ0) is 18.5. The molecule has 0 saturated heterocycles. The minimum Gasteiger partial charge on any atom is -0.430 e. The number of benzene rings is 1. The van der Waals surface area contributed by atoms with Gasteiger partial charge in [-0.1, -0.05) is 13.0 Å². The first kappa shape index (κ1) is 21.2. The highest BCUT2D eigenvalue weighted by Gasteiger charge is 2.12. The summed E-state index contributed by atoms with van der Waals surface area (Å²) in [6.45, 7) is 8.48. The monoisotopic (exact) mass is 405 g/mol. The minimum absolute atomic E-state index is 0. The van der Waals surface area contributed by atoms with Crippen LogP contribution >= 0.6 is 23.9 Å². The number of halogens is 1. The van der Waals surface area contributed by atoms with Crippen LogP contribution < -0.4 is 4.74 Å². The van der Waals surface area contributed by atoms with Gasteiger partial charge in [0.2, 0.25) is 0 Å². The lowest BCUT2D eigenvalue weighted by molar-refractivity contribution is 0.357. The van der Waals surface area contributed by atoms with E-state index < -0.39 is 0 Å². The second-order valence-corrected chi connectivity index (χ2v) is 7.02. The lowest BCUT2D eigenvalue weighted by Crippen LogP contribution is -2.20. The molecule has 6 nitrogen and oxygen atoms in total. The van der Waals surface area contributed by atoms with E-state index >= 15 is 0 Å². The SMILES string of the molecule is CCN(C)CCc1cc(C)c(Oc2nc(-c3cncnc3)ns2)cc1C.Cl. The van der Waals surface area contributed by atoms with Gasteiger partial charge in [0.25, 0.3) is 5.19 Å². The van der Waals surface area contributed by atoms with Crippen molar-refractivity contribution >= 4 is 23.9 Å². The van der Waals surface area contributed by atoms with Crippen LogP contribution in [0.25, 0.3) is 11.4 Å². The normalized spacial score (nSPS) is 10.7. The topological polar surface area (TPSA) is 64.0 Å². The molecular weight excluding hydrogens is 382 g/mol. The van der Waals surface area contributed by atoms with E-state index in [1.165, 1.54) is 29.0 Å². The molecule has 2 heterocycles. The minimum atomic E-state index is 0. The van der Waals surface area contributed by atoms with E-state index in [9.17, 15) is 0 Å². The highest BCUT2D eigenvalue weighted by Crippen LogP contribution is 2.30. The van der Waals surface area contributed by atoms with Crippen LogP contribution in [0.1, 0.15) is 23.6 Å². The summed E-state index contributed by atoms with van der Waals surface area (Å²) in [5.41, 5.74) is 4.47. The molecule has 0 radical (unpaired) electrons. The van der Waals surface area contributed by atoms with Crippen LogP contribution in [0.2, 0.25) is 0 Å². The Morgan fingerprint density at radius 3 is 2.56 bits per heavy atom. The Balaban J connectivity index is 0.00000261. The molecule has 0 atom stereocenters. The van der Waals surface area contributed by atoms with Gasteiger partial charge >= 0.3 is 0 Å². The van der Waals surface area contributed by atoms with E-state index in [0.29, 0.717) is 11.0 Å². The molecule has 0 amide bonds. The Bertz CT molecular complexity index is 872. The third-order valence-corrected chi connectivity index (χ3v) is 4.95. The molecule has 27 heavy (non-hydrogen) atoms. The Labute approximate surface area is 170 Å². The molecule has 0 N–H and O–H groups in total. The summed E-state index contributed by atoms with van der Waals surface area (Å²) in [6, 6.07) is 4.30. The lowest BCUT2D eigenvalue weighted by Gasteiger charge is -2.16. The molecule has 2 aromatic heterocycles. The van der Waals surface area contributed by atoms with Crippen molar-refractivity contribution in [1.29, 1.82) is 0 Å². The number of aromatic nitrogens is 4. The first-order valence-corrected chi connectivity index (χ1v) is 9.39. The second kappa shape index (κ2) is 9.73. The van der Waals surface area contributed by atoms with Crippen LogP contribution in [0.4, 0.5) is 0 Å². The van der Waals surface area contributed by atoms with Crippen molar-refractivity contribution in [3.8, 4) is 22.3 Å². The predicted octanol–water partition coefficient (Wildman–Crippen LogP) is 4.32. The highest BCUT2D eigenvalue weighted by molar-refractivity contribution is 7.07. The molecule has 0 spiro atoms. The Hall–Kier alpha value is -2.09. The number of rotatable bonds is 7. The van der Waals surface area contributed by atoms with Crippen LogP contribution in [-0.2, 0) is 6.42 Å². The number of nitrogens with zero attached hydrogens (tertiary/aromatic N) is 5. The van der Waals surface area contributed by atoms with Gasteiger partial charge in [-0.25, -0.2) is 9.97 Å². The van der Waals surface area contributed by atoms with Crippen molar-refractivity contribution in [2.75, 3.05) is 20.1 Å². The highest BCUT2D eigenvalue weighted by atomic mass is 35.5. The molecular formula is C19H24ClN5OS. The maximum atomic E-state index is 5.99. The quantitative estimate of drug-likeness (QED) is 0.583. The van der Waals surface area contributed by atoms with E-state index in [4.69, 9.17) is 4.74 Å². The number of hydrogen-bond acceptors (Lipinski definition) is 7. The Morgan fingerprint density at radius 2 is 1.85 bits per heavy atom. The van der Waals surface area contributed by atoms with Crippen molar-refractivity contribution < 1.29 is 4.74 Å². The van der Waals surface area contributed by atoms with Crippen molar-refractivity contribution in [2.45, 2.75) is 27.2 Å². The zero-order valence-corrected chi connectivity index (χ0v) is 17.6. The summed E-state index contributed by atoms with van der Waals surface area (Å²) in [7, 11) is 2.14. The van der Waals surface area contributed by atoms with Gasteiger partial charge in [-0.05, 0) is 56.6 Å². The van der Waals surface area contributed by atoms with E-state index in [1.54, 1.807) is 12.4 Å². The van der Waals surface area contributed by atoms with Gasteiger partial charge in [-0.2, -0.15) is 9.36 Å². The van der Waals surface area contributed by atoms with Gasteiger partial charge < -0.3 is 9.64 Å². The standard InChI is InChI=1S/C19H23N5OS.ClH/c1-5-24(4)7-6-15-8-14(3)17(9-13(15)2)25-19-22-18(23-26-19)16-10-20-12-21-11-16;/h8-12H,5-7H2,1-4H3;1H. The first-order valence-electron chi connectivity index (χ1n) is 8.62. The zero-order valence-electron chi connectivity index (χ0n) is 16.0. The third kappa shape index (κ3) is 5.45. The number of aryl methyl sites for hydroxylation is 2. The van der Waals surface area contributed by atoms with Crippen LogP contribution in [0, 0.1) is 13.8 Å². The summed E-state index contributed by atoms with van der Waals surface area (Å²) < 4.78 is 10.3. The summed E-state index contributed by atoms with van der Waals surface area (Å²) in [4.78, 5) is 14.7. The third-order valence-electron chi connectivity index (χ3n) is 4.36. The summed E-state index contributed by atoms with van der Waals surface area (Å²) in [5.74, 6) is 1.40. The predicted molar refractivity (Wildman–Crippen MR) is 111 cm³/mol. The van der Waals surface area contributed by atoms with Gasteiger partial charge in [0.05, 0.1) is 5.56 Å². The number of hydrogen-bond donors (Lipinski definition) is 0. The molecule has 8 heteroatoms. The molecule has 0 aliphatic heterocycles. The van der Waals surface area contributed by atoms with Gasteiger partial charge in [0.1, 0.15) is 12.1 Å². The van der Waals surface area contributed by atoms with Crippen molar-refractivity contribution in [3.05, 3.63) is 47.5 Å². The van der Waals surface area contributed by atoms with Gasteiger partial charge in [0.15, 0.2) is 5.82 Å². The first-order chi connectivity index (χ1) is 12.6. The molecule has 3 rings (SSSR count). The molecule has 144 valence electrons. The van der Waals surface area contributed by atoms with E-state index in [-0.39, 0.29) is 12.4 Å². The molecule has 1 aromatic carbocycles. The maximum Gasteiger partial charge on any atom is 0.299 e. The maximum absolute atomic E-state index is 5.99. The van der Waals surface area contributed by atoms with Crippen LogP contribution in [0.3, 0.4) is 0 Å². The van der Waals surface area contributed by atoms with Crippen LogP contribution in [0.15, 0.2) is 30.9 Å². The summed E-state index contributed by atoms with van der Waals surface area (Å²) >= 11 is 1.23. The van der Waals surface area contributed by atoms with Gasteiger partial charge in [-0.3, -0.25) is 0 Å². The molecule has 0 saturated carbocycles. The fourth-order valence-corrected chi connectivity index (χ4v) is 3.14. The van der Waals surface area contributed by atoms with E-state index in [0.717, 1.165) is 36.4 Å². The van der Waals surface area contributed by atoms with Crippen LogP contribution in [-0.4, -0.2) is 44.4 Å². The van der Waals surface area contributed by atoms with Gasteiger partial charge in [-0.15, -0.1) is 12.4 Å². The largest absolute Gasteiger partial charge is 0.430 e. The summed E-state index contributed by atoms with van der Waals surface area (Å²) in [6.07, 6.45) is 5.90. The number of likely N-dealkylation sites (N-methyl/N-ethyl adjacent to an activating group) is 1. The van der Waals surface area contributed by atoms with Crippen LogP contribution in [0.5, 0.6) is 10.9 Å². The van der Waals surface area contributed by atoms with E-state index in [2.05, 4.69) is 64.2 Å². The fraction of sp³-hybridized carbons (Fsp3) is 0.368. The molecule has 0 unspecified atom stereocenters. The molecule has 0 aliphatic carbocycles. The van der Waals surface area contributed by atoms with Crippen molar-refractivity contribution in [3.63, 3.8) is 0 Å². The van der Waals surface area contributed by atoms with Crippen molar-refractivity contribution in [2.24, 2.45) is 0 Å². The lowest BCUT2D eigenvalue weighted by atomic mass is 10.0. The second-order valence-electron chi connectivity index (χ2n) is 6.30. The van der Waals surface area contributed by atoms with E-state index in [1.807, 2.05) is 0 Å². The summed E-state index contributed by atoms with van der Waals surface area (Å²) in [5, 5.41) is 0.518. The van der Waals surface area contributed by atoms with Crippen molar-refractivity contribution in [1.82, 2.24) is 24.2 Å². The smallest absolute Gasteiger partial charge is 0.299 e. The average Bonchev–Trinajstić information content (AvgIpc) is 3.12. The Morgan fingerprint density at radius 1 is 1.11 bits per heavy atom. The average molecular weight is 406 g/mol. The Kier molecular flexibility index (Phi) is 7.65. The molecule has 0 fully saturated rings.